The van der Waals surface area contributed by atoms with Crippen LogP contribution in [0.1, 0.15) is 13.3 Å². The number of rotatable bonds is 2. The second-order valence-corrected chi connectivity index (χ2v) is 2.17. The van der Waals surface area contributed by atoms with Crippen molar-refractivity contribution in [3.05, 3.63) is 18.5 Å². The lowest BCUT2D eigenvalue weighted by molar-refractivity contribution is -0.118. The Morgan fingerprint density at radius 3 is 2.67 bits per heavy atom. The Morgan fingerprint density at radius 2 is 2.17 bits per heavy atom. The van der Waals surface area contributed by atoms with Crippen LogP contribution in [0.4, 0.5) is 5.95 Å². The lowest BCUT2D eigenvalue weighted by Crippen LogP contribution is -2.38. The van der Waals surface area contributed by atoms with Crippen molar-refractivity contribution in [1.29, 1.82) is 0 Å². The molecule has 0 saturated carbocycles. The summed E-state index contributed by atoms with van der Waals surface area (Å²) in [5.41, 5.74) is 0. The van der Waals surface area contributed by atoms with Gasteiger partial charge in [0.25, 0.3) is 0 Å². The average molecular weight is 166 g/mol. The number of aromatic nitrogens is 2. The molecule has 0 saturated heterocycles. The van der Waals surface area contributed by atoms with E-state index < -0.39 is 0 Å². The fourth-order valence-corrected chi connectivity index (χ4v) is 0.698. The maximum absolute atomic E-state index is 11.0. The second kappa shape index (κ2) is 3.77. The van der Waals surface area contributed by atoms with Crippen LogP contribution in [0.25, 0.3) is 0 Å². The van der Waals surface area contributed by atoms with Gasteiger partial charge in [-0.15, -0.1) is 0 Å². The van der Waals surface area contributed by atoms with Crippen molar-refractivity contribution in [1.82, 2.24) is 9.97 Å². The van der Waals surface area contributed by atoms with Crippen molar-refractivity contribution in [3.63, 3.8) is 0 Å². The molecule has 0 aliphatic carbocycles. The molecule has 0 aliphatic rings. The van der Waals surface area contributed by atoms with Gasteiger partial charge in [-0.1, -0.05) is 6.92 Å². The number of nitrogens with zero attached hydrogens (tertiary/aromatic N) is 3. The molecule has 1 aromatic rings. The third-order valence-electron chi connectivity index (χ3n) is 1.34. The predicted octanol–water partition coefficient (Wildman–Crippen LogP) is 0.0933. The van der Waals surface area contributed by atoms with E-state index in [1.54, 1.807) is 13.0 Å². The fourth-order valence-electron chi connectivity index (χ4n) is 0.698. The first-order valence-corrected chi connectivity index (χ1v) is 3.60. The van der Waals surface area contributed by atoms with Gasteiger partial charge in [0.1, 0.15) is 0 Å². The van der Waals surface area contributed by atoms with Crippen LogP contribution in [-0.2, 0) is 4.79 Å². The summed E-state index contributed by atoms with van der Waals surface area (Å²) < 4.78 is 0. The number of hydrogen-bond donors (Lipinski definition) is 1. The van der Waals surface area contributed by atoms with Crippen LogP contribution >= 0.6 is 0 Å². The molecule has 0 atom stereocenters. The van der Waals surface area contributed by atoms with E-state index in [9.17, 15) is 4.79 Å². The summed E-state index contributed by atoms with van der Waals surface area (Å²) in [6.45, 7) is 1.73. The zero-order valence-electron chi connectivity index (χ0n) is 6.77. The Hall–Kier alpha value is -1.49. The highest BCUT2D eigenvalue weighted by atomic mass is 16.2. The highest BCUT2D eigenvalue weighted by Gasteiger charge is 2.10. The molecule has 1 amide bonds. The Labute approximate surface area is 70.2 Å². The van der Waals surface area contributed by atoms with Crippen LogP contribution in [0.15, 0.2) is 18.5 Å². The van der Waals surface area contributed by atoms with Gasteiger partial charge in [0.05, 0.1) is 0 Å². The van der Waals surface area contributed by atoms with Crippen LogP contribution in [0.2, 0.25) is 0 Å². The van der Waals surface area contributed by atoms with Crippen molar-refractivity contribution in [2.24, 2.45) is 5.84 Å². The minimum Gasteiger partial charge on any atom is -0.273 e. The maximum Gasteiger partial charge on any atom is 0.246 e. The molecule has 0 bridgehead atoms. The van der Waals surface area contributed by atoms with Crippen molar-refractivity contribution >= 4 is 11.9 Å². The number of amides is 1. The monoisotopic (exact) mass is 166 g/mol. The normalized spacial score (nSPS) is 9.50. The number of hydrogen-bond acceptors (Lipinski definition) is 4. The molecule has 0 spiro atoms. The molecule has 0 radical (unpaired) electrons. The minimum absolute atomic E-state index is 0.207. The van der Waals surface area contributed by atoms with Gasteiger partial charge in [-0.25, -0.2) is 20.8 Å². The number of carbonyl (C=O) groups is 1. The fraction of sp³-hybridized carbons (Fsp3) is 0.286. The molecule has 0 aliphatic heterocycles. The van der Waals surface area contributed by atoms with E-state index in [-0.39, 0.29) is 11.9 Å². The van der Waals surface area contributed by atoms with Gasteiger partial charge >= 0.3 is 0 Å². The molecule has 1 heterocycles. The van der Waals surface area contributed by atoms with E-state index in [0.717, 1.165) is 5.01 Å². The number of nitrogens with two attached hydrogens (primary N) is 1. The van der Waals surface area contributed by atoms with Crippen molar-refractivity contribution in [2.75, 3.05) is 5.01 Å². The highest BCUT2D eigenvalue weighted by molar-refractivity contribution is 5.89. The molecule has 2 N–H and O–H groups in total. The summed E-state index contributed by atoms with van der Waals surface area (Å²) in [4.78, 5) is 18.7. The van der Waals surface area contributed by atoms with Crippen molar-refractivity contribution in [2.45, 2.75) is 13.3 Å². The van der Waals surface area contributed by atoms with Gasteiger partial charge in [-0.2, -0.15) is 0 Å². The van der Waals surface area contributed by atoms with Crippen molar-refractivity contribution < 1.29 is 4.79 Å². The number of hydrazine groups is 1. The van der Waals surface area contributed by atoms with Crippen LogP contribution in [0.3, 0.4) is 0 Å². The van der Waals surface area contributed by atoms with E-state index in [1.807, 2.05) is 0 Å². The zero-order chi connectivity index (χ0) is 8.97. The van der Waals surface area contributed by atoms with Gasteiger partial charge in [0.15, 0.2) is 0 Å². The molecule has 0 unspecified atom stereocenters. The lowest BCUT2D eigenvalue weighted by atomic mass is 10.4. The predicted molar refractivity (Wildman–Crippen MR) is 44.0 cm³/mol. The topological polar surface area (TPSA) is 72.1 Å². The molecule has 64 valence electrons. The standard InChI is InChI=1S/C7H10N4O/c1-2-6(12)11(8)7-9-4-3-5-10-7/h3-5H,2,8H2,1H3. The molecule has 5 heteroatoms. The summed E-state index contributed by atoms with van der Waals surface area (Å²) >= 11 is 0. The SMILES string of the molecule is CCC(=O)N(N)c1ncccn1. The zero-order valence-corrected chi connectivity index (χ0v) is 6.77. The van der Waals surface area contributed by atoms with Crippen molar-refractivity contribution in [3.8, 4) is 0 Å². The molecule has 1 aromatic heterocycles. The lowest BCUT2D eigenvalue weighted by Gasteiger charge is -2.11. The Balaban J connectivity index is 2.78. The summed E-state index contributed by atoms with van der Waals surface area (Å²) in [7, 11) is 0. The van der Waals surface area contributed by atoms with Gasteiger partial charge in [0, 0.05) is 18.8 Å². The molecule has 0 fully saturated rings. The van der Waals surface area contributed by atoms with Gasteiger partial charge in [-0.05, 0) is 6.07 Å². The van der Waals surface area contributed by atoms with E-state index in [1.165, 1.54) is 12.4 Å². The third kappa shape index (κ3) is 1.76. The highest BCUT2D eigenvalue weighted by Crippen LogP contribution is 2.00. The summed E-state index contributed by atoms with van der Waals surface area (Å²) in [5, 5.41) is 0.944. The molecular formula is C7H10N4O. The Bertz CT molecular complexity index is 261. The van der Waals surface area contributed by atoms with Gasteiger partial charge in [-0.3, -0.25) is 4.79 Å². The molecule has 1 rings (SSSR count). The van der Waals surface area contributed by atoms with Crippen LogP contribution < -0.4 is 10.9 Å². The third-order valence-corrected chi connectivity index (χ3v) is 1.34. The molecule has 0 aromatic carbocycles. The minimum atomic E-state index is -0.207. The van der Waals surface area contributed by atoms with Crippen LogP contribution in [0.5, 0.6) is 0 Å². The molecular weight excluding hydrogens is 156 g/mol. The summed E-state index contributed by atoms with van der Waals surface area (Å²) in [6.07, 6.45) is 3.41. The first-order chi connectivity index (χ1) is 5.75. The van der Waals surface area contributed by atoms with E-state index in [0.29, 0.717) is 6.42 Å². The average Bonchev–Trinajstić information content (AvgIpc) is 2.17. The number of anilines is 1. The van der Waals surface area contributed by atoms with Crippen LogP contribution in [0, 0.1) is 0 Å². The Morgan fingerprint density at radius 1 is 1.58 bits per heavy atom. The first-order valence-electron chi connectivity index (χ1n) is 3.60. The molecule has 12 heavy (non-hydrogen) atoms. The van der Waals surface area contributed by atoms with Gasteiger partial charge < -0.3 is 0 Å². The Kier molecular flexibility index (Phi) is 2.71. The smallest absolute Gasteiger partial charge is 0.246 e. The van der Waals surface area contributed by atoms with Crippen LogP contribution in [-0.4, -0.2) is 15.9 Å². The van der Waals surface area contributed by atoms with E-state index in [2.05, 4.69) is 9.97 Å². The summed E-state index contributed by atoms with van der Waals surface area (Å²) in [5.74, 6) is 5.43. The number of carbonyl (C=O) groups excluding carboxylic acids is 1. The largest absolute Gasteiger partial charge is 0.273 e. The molecule has 5 nitrogen and oxygen atoms in total. The quantitative estimate of drug-likeness (QED) is 0.384. The van der Waals surface area contributed by atoms with E-state index in [4.69, 9.17) is 5.84 Å². The second-order valence-electron chi connectivity index (χ2n) is 2.17. The van der Waals surface area contributed by atoms with E-state index >= 15 is 0 Å². The first kappa shape index (κ1) is 8.61. The maximum atomic E-state index is 11.0. The summed E-state index contributed by atoms with van der Waals surface area (Å²) in [6, 6.07) is 1.66. The van der Waals surface area contributed by atoms with Gasteiger partial charge in [0.2, 0.25) is 11.9 Å².